The van der Waals surface area contributed by atoms with Gasteiger partial charge in [-0.15, -0.1) is 0 Å². The Morgan fingerprint density at radius 3 is 2.46 bits per heavy atom. The highest BCUT2D eigenvalue weighted by atomic mass is 16.5. The molecular weight excluding hydrogens is 336 g/mol. The summed E-state index contributed by atoms with van der Waals surface area (Å²) in [6.07, 6.45) is 0.0607. The van der Waals surface area contributed by atoms with Crippen LogP contribution in [-0.4, -0.2) is 39.7 Å². The Morgan fingerprint density at radius 2 is 1.77 bits per heavy atom. The van der Waals surface area contributed by atoms with Crippen molar-refractivity contribution in [2.24, 2.45) is 0 Å². The number of rotatable bonds is 5. The maximum atomic E-state index is 12.9. The van der Waals surface area contributed by atoms with Crippen molar-refractivity contribution < 1.29 is 23.8 Å². The van der Waals surface area contributed by atoms with E-state index in [2.05, 4.69) is 5.32 Å². The number of ether oxygens (including phenoxy) is 3. The molecule has 2 amide bonds. The van der Waals surface area contributed by atoms with Crippen LogP contribution in [0.1, 0.15) is 5.56 Å². The number of hydrogen-bond acceptors (Lipinski definition) is 5. The molecule has 0 aliphatic carbocycles. The zero-order valence-corrected chi connectivity index (χ0v) is 14.9. The number of amides is 2. The summed E-state index contributed by atoms with van der Waals surface area (Å²) in [4.78, 5) is 26.3. The van der Waals surface area contributed by atoms with Crippen molar-refractivity contribution in [1.82, 2.24) is 0 Å². The summed E-state index contributed by atoms with van der Waals surface area (Å²) in [5.74, 6) is 0.949. The summed E-state index contributed by atoms with van der Waals surface area (Å²) in [6, 6.07) is 10.7. The molecule has 2 aromatic rings. The van der Waals surface area contributed by atoms with Crippen LogP contribution in [0.2, 0.25) is 0 Å². The van der Waals surface area contributed by atoms with Crippen LogP contribution in [0.4, 0.5) is 11.4 Å². The SMILES string of the molecule is COc1ccc(CC(=O)N2CC(=O)Nc3ccccc32)c(OC)c1OC. The van der Waals surface area contributed by atoms with Gasteiger partial charge in [0.05, 0.1) is 39.1 Å². The van der Waals surface area contributed by atoms with Crippen LogP contribution in [0, 0.1) is 0 Å². The third-order valence-corrected chi connectivity index (χ3v) is 4.20. The highest BCUT2D eigenvalue weighted by Crippen LogP contribution is 2.40. The first-order valence-electron chi connectivity index (χ1n) is 8.06. The number of nitrogens with zero attached hydrogens (tertiary/aromatic N) is 1. The molecule has 3 rings (SSSR count). The van der Waals surface area contributed by atoms with Gasteiger partial charge in [0.15, 0.2) is 11.5 Å². The Bertz CT molecular complexity index is 850. The fraction of sp³-hybridized carbons (Fsp3) is 0.263. The van der Waals surface area contributed by atoms with Crippen molar-refractivity contribution in [2.45, 2.75) is 6.42 Å². The highest BCUT2D eigenvalue weighted by Gasteiger charge is 2.28. The summed E-state index contributed by atoms with van der Waals surface area (Å²) in [5, 5.41) is 2.77. The maximum absolute atomic E-state index is 12.9. The smallest absolute Gasteiger partial charge is 0.244 e. The third-order valence-electron chi connectivity index (χ3n) is 4.20. The normalized spacial score (nSPS) is 12.9. The van der Waals surface area contributed by atoms with E-state index in [0.29, 0.717) is 34.2 Å². The van der Waals surface area contributed by atoms with E-state index in [0.717, 1.165) is 0 Å². The minimum atomic E-state index is -0.226. The molecule has 26 heavy (non-hydrogen) atoms. The molecule has 0 aromatic heterocycles. The van der Waals surface area contributed by atoms with Gasteiger partial charge in [-0.3, -0.25) is 9.59 Å². The molecule has 0 unspecified atom stereocenters. The molecule has 1 aliphatic rings. The zero-order chi connectivity index (χ0) is 18.7. The number of methoxy groups -OCH3 is 3. The van der Waals surface area contributed by atoms with Gasteiger partial charge in [0.1, 0.15) is 6.54 Å². The standard InChI is InChI=1S/C19H20N2O5/c1-24-15-9-8-12(18(25-2)19(15)26-3)10-17(23)21-11-16(22)20-13-6-4-5-7-14(13)21/h4-9H,10-11H2,1-3H3,(H,20,22). The number of nitrogens with one attached hydrogen (secondary N) is 1. The minimum Gasteiger partial charge on any atom is -0.493 e. The van der Waals surface area contributed by atoms with E-state index in [1.54, 1.807) is 24.3 Å². The van der Waals surface area contributed by atoms with Crippen LogP contribution in [0.5, 0.6) is 17.2 Å². The lowest BCUT2D eigenvalue weighted by Crippen LogP contribution is -2.42. The number of para-hydroxylation sites is 2. The zero-order valence-electron chi connectivity index (χ0n) is 14.9. The Kier molecular flexibility index (Phi) is 4.97. The van der Waals surface area contributed by atoms with Crippen molar-refractivity contribution in [3.8, 4) is 17.2 Å². The molecular formula is C19H20N2O5. The largest absolute Gasteiger partial charge is 0.493 e. The highest BCUT2D eigenvalue weighted by molar-refractivity contribution is 6.10. The topological polar surface area (TPSA) is 77.1 Å². The van der Waals surface area contributed by atoms with Crippen molar-refractivity contribution in [3.63, 3.8) is 0 Å². The van der Waals surface area contributed by atoms with Crippen molar-refractivity contribution in [1.29, 1.82) is 0 Å². The van der Waals surface area contributed by atoms with E-state index >= 15 is 0 Å². The van der Waals surface area contributed by atoms with Gasteiger partial charge in [0.25, 0.3) is 0 Å². The molecule has 0 spiro atoms. The van der Waals surface area contributed by atoms with Gasteiger partial charge in [-0.05, 0) is 18.2 Å². The van der Waals surface area contributed by atoms with Gasteiger partial charge in [-0.25, -0.2) is 0 Å². The lowest BCUT2D eigenvalue weighted by molar-refractivity contribution is -0.121. The molecule has 0 fully saturated rings. The van der Waals surface area contributed by atoms with E-state index in [1.165, 1.54) is 26.2 Å². The first kappa shape index (κ1) is 17.6. The number of benzene rings is 2. The molecule has 136 valence electrons. The Hall–Kier alpha value is -3.22. The molecule has 0 saturated heterocycles. The molecule has 1 aliphatic heterocycles. The average Bonchev–Trinajstić information content (AvgIpc) is 2.66. The molecule has 0 radical (unpaired) electrons. The second kappa shape index (κ2) is 7.35. The van der Waals surface area contributed by atoms with Gasteiger partial charge in [0.2, 0.25) is 17.6 Å². The Morgan fingerprint density at radius 1 is 1.04 bits per heavy atom. The Balaban J connectivity index is 1.93. The molecule has 0 bridgehead atoms. The second-order valence-electron chi connectivity index (χ2n) is 5.72. The number of fused-ring (bicyclic) bond motifs is 1. The molecule has 1 N–H and O–H groups in total. The van der Waals surface area contributed by atoms with Gasteiger partial charge in [-0.1, -0.05) is 18.2 Å². The fourth-order valence-electron chi connectivity index (χ4n) is 3.02. The van der Waals surface area contributed by atoms with Crippen LogP contribution in [0.25, 0.3) is 0 Å². The quantitative estimate of drug-likeness (QED) is 0.889. The van der Waals surface area contributed by atoms with Crippen LogP contribution < -0.4 is 24.4 Å². The first-order chi connectivity index (χ1) is 12.6. The number of anilines is 2. The van der Waals surface area contributed by atoms with E-state index in [-0.39, 0.29) is 24.8 Å². The first-order valence-corrected chi connectivity index (χ1v) is 8.06. The molecule has 7 nitrogen and oxygen atoms in total. The van der Waals surface area contributed by atoms with Gasteiger partial charge >= 0.3 is 0 Å². The fourth-order valence-corrected chi connectivity index (χ4v) is 3.02. The van der Waals surface area contributed by atoms with Gasteiger partial charge in [-0.2, -0.15) is 0 Å². The van der Waals surface area contributed by atoms with Crippen LogP contribution >= 0.6 is 0 Å². The average molecular weight is 356 g/mol. The summed E-state index contributed by atoms with van der Waals surface area (Å²) in [7, 11) is 4.55. The molecule has 0 atom stereocenters. The van der Waals surface area contributed by atoms with Gasteiger partial charge in [0, 0.05) is 5.56 Å². The monoisotopic (exact) mass is 356 g/mol. The predicted octanol–water partition coefficient (Wildman–Crippen LogP) is 2.24. The minimum absolute atomic E-state index is 0.0224. The Labute approximate surface area is 151 Å². The second-order valence-corrected chi connectivity index (χ2v) is 5.72. The lowest BCUT2D eigenvalue weighted by Gasteiger charge is -2.29. The van der Waals surface area contributed by atoms with Gasteiger partial charge < -0.3 is 24.4 Å². The summed E-state index contributed by atoms with van der Waals surface area (Å²) >= 11 is 0. The number of hydrogen-bond donors (Lipinski definition) is 1. The summed E-state index contributed by atoms with van der Waals surface area (Å²) < 4.78 is 16.1. The van der Waals surface area contributed by atoms with E-state index < -0.39 is 0 Å². The van der Waals surface area contributed by atoms with Crippen LogP contribution in [-0.2, 0) is 16.0 Å². The van der Waals surface area contributed by atoms with Crippen molar-refractivity contribution in [2.75, 3.05) is 38.1 Å². The van der Waals surface area contributed by atoms with Crippen LogP contribution in [0.3, 0.4) is 0 Å². The predicted molar refractivity (Wildman–Crippen MR) is 97.2 cm³/mol. The number of carbonyl (C=O) groups is 2. The molecule has 2 aromatic carbocycles. The van der Waals surface area contributed by atoms with E-state index in [1.807, 2.05) is 12.1 Å². The van der Waals surface area contributed by atoms with Crippen molar-refractivity contribution in [3.05, 3.63) is 42.0 Å². The van der Waals surface area contributed by atoms with E-state index in [4.69, 9.17) is 14.2 Å². The molecule has 7 heteroatoms. The van der Waals surface area contributed by atoms with E-state index in [9.17, 15) is 9.59 Å². The molecule has 1 heterocycles. The maximum Gasteiger partial charge on any atom is 0.244 e. The summed E-state index contributed by atoms with van der Waals surface area (Å²) in [6.45, 7) is -0.0224. The van der Waals surface area contributed by atoms with Crippen molar-refractivity contribution >= 4 is 23.2 Å². The molecule has 0 saturated carbocycles. The van der Waals surface area contributed by atoms with Crippen LogP contribution in [0.15, 0.2) is 36.4 Å². The third kappa shape index (κ3) is 3.15. The lowest BCUT2D eigenvalue weighted by atomic mass is 10.1. The number of carbonyl (C=O) groups excluding carboxylic acids is 2. The summed E-state index contributed by atoms with van der Waals surface area (Å²) in [5.41, 5.74) is 1.95.